The van der Waals surface area contributed by atoms with Crippen LogP contribution in [-0.4, -0.2) is 53.1 Å². The number of hydrogen-bond acceptors (Lipinski definition) is 3. The van der Waals surface area contributed by atoms with Crippen LogP contribution < -0.4 is 10.6 Å². The fourth-order valence-corrected chi connectivity index (χ4v) is 1.75. The van der Waals surface area contributed by atoms with Gasteiger partial charge in [0.2, 0.25) is 5.91 Å². The fraction of sp³-hybridized carbons (Fsp3) is 0.769. The summed E-state index contributed by atoms with van der Waals surface area (Å²) in [6.07, 6.45) is 0.934. The number of carboxylic acid groups (broad SMARTS) is 1. The number of aliphatic carboxylic acids is 1. The molecule has 0 radical (unpaired) electrons. The summed E-state index contributed by atoms with van der Waals surface area (Å²) in [5.74, 6) is -1.32. The second-order valence-corrected chi connectivity index (χ2v) is 5.06. The minimum atomic E-state index is -1.34. The monoisotopic (exact) mass is 287 g/mol. The van der Waals surface area contributed by atoms with Gasteiger partial charge in [-0.1, -0.05) is 13.3 Å². The van der Waals surface area contributed by atoms with Crippen LogP contribution in [0, 0.1) is 0 Å². The summed E-state index contributed by atoms with van der Waals surface area (Å²) < 4.78 is 0. The van der Waals surface area contributed by atoms with Crippen LogP contribution in [0.1, 0.15) is 40.5 Å². The zero-order chi connectivity index (χ0) is 15.9. The summed E-state index contributed by atoms with van der Waals surface area (Å²) in [6.45, 7) is 7.21. The Labute approximate surface area is 119 Å². The van der Waals surface area contributed by atoms with Gasteiger partial charge in [-0.25, -0.2) is 9.59 Å². The Morgan fingerprint density at radius 3 is 2.25 bits per heavy atom. The number of carboxylic acids is 1. The predicted molar refractivity (Wildman–Crippen MR) is 75.4 cm³/mol. The Bertz CT molecular complexity index is 373. The van der Waals surface area contributed by atoms with Gasteiger partial charge in [-0.3, -0.25) is 4.79 Å². The van der Waals surface area contributed by atoms with Gasteiger partial charge in [-0.15, -0.1) is 0 Å². The highest BCUT2D eigenvalue weighted by molar-refractivity contribution is 5.89. The minimum Gasteiger partial charge on any atom is -0.480 e. The van der Waals surface area contributed by atoms with Gasteiger partial charge in [-0.2, -0.15) is 0 Å². The van der Waals surface area contributed by atoms with Gasteiger partial charge in [0, 0.05) is 13.6 Å². The second-order valence-electron chi connectivity index (χ2n) is 5.06. The third-order valence-electron chi connectivity index (χ3n) is 3.18. The van der Waals surface area contributed by atoms with E-state index in [9.17, 15) is 14.4 Å². The molecule has 0 bridgehead atoms. The van der Waals surface area contributed by atoms with Crippen molar-refractivity contribution in [3.63, 3.8) is 0 Å². The molecule has 7 heteroatoms. The van der Waals surface area contributed by atoms with Gasteiger partial charge in [0.05, 0.1) is 0 Å². The number of hydrogen-bond donors (Lipinski definition) is 3. The van der Waals surface area contributed by atoms with Crippen molar-refractivity contribution in [1.82, 2.24) is 15.5 Å². The second kappa shape index (κ2) is 7.72. The molecular formula is C13H25N3O4. The maximum Gasteiger partial charge on any atom is 0.329 e. The lowest BCUT2D eigenvalue weighted by Gasteiger charge is -2.27. The highest BCUT2D eigenvalue weighted by Crippen LogP contribution is 2.12. The number of urea groups is 1. The molecule has 0 aromatic rings. The van der Waals surface area contributed by atoms with Crippen LogP contribution in [0.25, 0.3) is 0 Å². The van der Waals surface area contributed by atoms with E-state index in [1.165, 1.54) is 11.8 Å². The number of likely N-dealkylation sites (N-methyl/N-ethyl adjacent to an activating group) is 1. The minimum absolute atomic E-state index is 0.227. The van der Waals surface area contributed by atoms with E-state index in [1.807, 2.05) is 13.8 Å². The third kappa shape index (κ3) is 5.07. The van der Waals surface area contributed by atoms with Gasteiger partial charge in [-0.05, 0) is 27.2 Å². The van der Waals surface area contributed by atoms with Crippen molar-refractivity contribution >= 4 is 17.9 Å². The number of nitrogens with zero attached hydrogens (tertiary/aromatic N) is 1. The van der Waals surface area contributed by atoms with Crippen molar-refractivity contribution in [3.05, 3.63) is 0 Å². The molecule has 0 aromatic carbocycles. The molecule has 3 N–H and O–H groups in total. The smallest absolute Gasteiger partial charge is 0.329 e. The molecular weight excluding hydrogens is 262 g/mol. The lowest BCUT2D eigenvalue weighted by Crippen LogP contribution is -2.58. The first-order valence-corrected chi connectivity index (χ1v) is 6.75. The first-order chi connectivity index (χ1) is 9.17. The molecule has 0 aromatic heterocycles. The number of rotatable bonds is 7. The van der Waals surface area contributed by atoms with E-state index >= 15 is 0 Å². The molecule has 0 rings (SSSR count). The Kier molecular flexibility index (Phi) is 7.02. The molecule has 0 aliphatic carbocycles. The molecule has 20 heavy (non-hydrogen) atoms. The Hall–Kier alpha value is -1.79. The molecule has 0 aliphatic heterocycles. The van der Waals surface area contributed by atoms with Crippen LogP contribution in [0.15, 0.2) is 0 Å². The van der Waals surface area contributed by atoms with E-state index in [0.717, 1.165) is 0 Å². The molecule has 0 saturated carbocycles. The largest absolute Gasteiger partial charge is 0.480 e. The summed E-state index contributed by atoms with van der Waals surface area (Å²) in [4.78, 5) is 36.3. The zero-order valence-electron chi connectivity index (χ0n) is 12.8. The van der Waals surface area contributed by atoms with Gasteiger partial charge in [0.15, 0.2) is 0 Å². The van der Waals surface area contributed by atoms with Crippen LogP contribution >= 0.6 is 0 Å². The van der Waals surface area contributed by atoms with Crippen molar-refractivity contribution in [2.45, 2.75) is 52.1 Å². The SMILES string of the molecule is CCCC(C)(NC(=O)NC(C)C(=O)N(C)CC)C(=O)O. The summed E-state index contributed by atoms with van der Waals surface area (Å²) in [6, 6.07) is -1.37. The van der Waals surface area contributed by atoms with Crippen molar-refractivity contribution < 1.29 is 19.5 Å². The van der Waals surface area contributed by atoms with E-state index < -0.39 is 23.6 Å². The summed E-state index contributed by atoms with van der Waals surface area (Å²) >= 11 is 0. The highest BCUT2D eigenvalue weighted by Gasteiger charge is 2.34. The standard InChI is InChI=1S/C13H25N3O4/c1-6-8-13(4,11(18)19)15-12(20)14-9(3)10(17)16(5)7-2/h9H,6-8H2,1-5H3,(H,18,19)(H2,14,15,20). The van der Waals surface area contributed by atoms with Crippen molar-refractivity contribution in [2.24, 2.45) is 0 Å². The predicted octanol–water partition coefficient (Wildman–Crippen LogP) is 0.796. The molecule has 0 saturated heterocycles. The average Bonchev–Trinajstić information content (AvgIpc) is 2.36. The molecule has 7 nitrogen and oxygen atoms in total. The topological polar surface area (TPSA) is 98.7 Å². The number of carbonyl (C=O) groups excluding carboxylic acids is 2. The molecule has 0 spiro atoms. The first-order valence-electron chi connectivity index (χ1n) is 6.75. The van der Waals surface area contributed by atoms with Crippen molar-refractivity contribution in [2.75, 3.05) is 13.6 Å². The fourth-order valence-electron chi connectivity index (χ4n) is 1.75. The van der Waals surface area contributed by atoms with E-state index in [2.05, 4.69) is 10.6 Å². The number of carbonyl (C=O) groups is 3. The molecule has 0 fully saturated rings. The zero-order valence-corrected chi connectivity index (χ0v) is 12.8. The van der Waals surface area contributed by atoms with Crippen LogP contribution in [-0.2, 0) is 9.59 Å². The van der Waals surface area contributed by atoms with E-state index in [-0.39, 0.29) is 5.91 Å². The van der Waals surface area contributed by atoms with Crippen LogP contribution in [0.5, 0.6) is 0 Å². The lowest BCUT2D eigenvalue weighted by atomic mass is 9.96. The Balaban J connectivity index is 4.62. The van der Waals surface area contributed by atoms with Gasteiger partial charge >= 0.3 is 12.0 Å². The molecule has 0 aliphatic rings. The third-order valence-corrected chi connectivity index (χ3v) is 3.18. The maximum atomic E-state index is 11.8. The quantitative estimate of drug-likeness (QED) is 0.645. The van der Waals surface area contributed by atoms with Crippen LogP contribution in [0.2, 0.25) is 0 Å². The van der Waals surface area contributed by atoms with Crippen molar-refractivity contribution in [1.29, 1.82) is 0 Å². The molecule has 116 valence electrons. The van der Waals surface area contributed by atoms with E-state index in [4.69, 9.17) is 5.11 Å². The molecule has 2 unspecified atom stereocenters. The molecule has 3 amide bonds. The van der Waals surface area contributed by atoms with Gasteiger partial charge in [0.25, 0.3) is 0 Å². The maximum absolute atomic E-state index is 11.8. The normalized spacial score (nSPS) is 14.8. The lowest BCUT2D eigenvalue weighted by molar-refractivity contribution is -0.144. The van der Waals surface area contributed by atoms with Crippen LogP contribution in [0.4, 0.5) is 4.79 Å². The Morgan fingerprint density at radius 1 is 1.30 bits per heavy atom. The van der Waals surface area contributed by atoms with Gasteiger partial charge < -0.3 is 20.6 Å². The van der Waals surface area contributed by atoms with Crippen molar-refractivity contribution in [3.8, 4) is 0 Å². The van der Waals surface area contributed by atoms with E-state index in [1.54, 1.807) is 14.0 Å². The number of amides is 3. The average molecular weight is 287 g/mol. The molecule has 0 heterocycles. The van der Waals surface area contributed by atoms with E-state index in [0.29, 0.717) is 19.4 Å². The summed E-state index contributed by atoms with van der Waals surface area (Å²) in [5, 5.41) is 14.0. The van der Waals surface area contributed by atoms with Gasteiger partial charge in [0.1, 0.15) is 11.6 Å². The van der Waals surface area contributed by atoms with Crippen LogP contribution in [0.3, 0.4) is 0 Å². The summed E-state index contributed by atoms with van der Waals surface area (Å²) in [5.41, 5.74) is -1.34. The first kappa shape index (κ1) is 18.2. The summed E-state index contributed by atoms with van der Waals surface area (Å²) in [7, 11) is 1.64. The Morgan fingerprint density at radius 2 is 1.85 bits per heavy atom. The number of nitrogens with one attached hydrogen (secondary N) is 2. The molecule has 2 atom stereocenters. The highest BCUT2D eigenvalue weighted by atomic mass is 16.4.